The number of hydrogen-bond acceptors (Lipinski definition) is 4. The molecule has 2 rings (SSSR count). The summed E-state index contributed by atoms with van der Waals surface area (Å²) in [4.78, 5) is 12.1. The second-order valence-electron chi connectivity index (χ2n) is 6.47. The van der Waals surface area contributed by atoms with Gasteiger partial charge in [-0.05, 0) is 26.2 Å². The van der Waals surface area contributed by atoms with E-state index in [9.17, 15) is 4.79 Å². The van der Waals surface area contributed by atoms with E-state index in [-0.39, 0.29) is 29.5 Å². The highest BCUT2D eigenvalue weighted by Crippen LogP contribution is 2.61. The Bertz CT molecular complexity index is 310. The molecule has 2 aliphatic rings. The Morgan fingerprint density at radius 1 is 1.24 bits per heavy atom. The largest absolute Gasteiger partial charge is 0.460 e. The van der Waals surface area contributed by atoms with Crippen LogP contribution in [0.15, 0.2) is 0 Å². The molecule has 0 aromatic carbocycles. The Balaban J connectivity index is 2.00. The number of esters is 1. The maximum absolute atomic E-state index is 12.1. The van der Waals surface area contributed by atoms with Gasteiger partial charge in [-0.3, -0.25) is 4.79 Å². The van der Waals surface area contributed by atoms with Crippen molar-refractivity contribution in [2.45, 2.75) is 46.5 Å². The molecule has 1 heterocycles. The van der Waals surface area contributed by atoms with Crippen LogP contribution < -0.4 is 0 Å². The van der Waals surface area contributed by atoms with Gasteiger partial charge in [0.25, 0.3) is 0 Å². The van der Waals surface area contributed by atoms with E-state index in [0.717, 1.165) is 0 Å². The van der Waals surface area contributed by atoms with Crippen molar-refractivity contribution in [2.75, 3.05) is 13.2 Å². The molecule has 0 amide bonds. The van der Waals surface area contributed by atoms with Gasteiger partial charge in [-0.1, -0.05) is 13.8 Å². The minimum atomic E-state index is -0.433. The van der Waals surface area contributed by atoms with Crippen molar-refractivity contribution in [3.63, 3.8) is 0 Å². The van der Waals surface area contributed by atoms with Crippen LogP contribution in [0.1, 0.15) is 34.6 Å². The maximum Gasteiger partial charge on any atom is 0.310 e. The SMILES string of the molecule is CC(C)(C)OC(=O)C1C(C2OCCO2)C1(C)C. The van der Waals surface area contributed by atoms with E-state index in [0.29, 0.717) is 13.2 Å². The van der Waals surface area contributed by atoms with Gasteiger partial charge in [-0.15, -0.1) is 0 Å². The van der Waals surface area contributed by atoms with Crippen molar-refractivity contribution in [1.29, 1.82) is 0 Å². The Labute approximate surface area is 103 Å². The minimum Gasteiger partial charge on any atom is -0.460 e. The van der Waals surface area contributed by atoms with E-state index < -0.39 is 5.60 Å². The molecule has 1 saturated heterocycles. The zero-order valence-corrected chi connectivity index (χ0v) is 11.3. The normalized spacial score (nSPS) is 32.5. The average Bonchev–Trinajstić information content (AvgIpc) is 2.59. The Hall–Kier alpha value is -0.610. The molecular formula is C13H22O4. The fourth-order valence-corrected chi connectivity index (χ4v) is 2.59. The molecule has 98 valence electrons. The zero-order valence-electron chi connectivity index (χ0n) is 11.3. The fraction of sp³-hybridized carbons (Fsp3) is 0.923. The smallest absolute Gasteiger partial charge is 0.310 e. The highest BCUT2D eigenvalue weighted by molar-refractivity contribution is 5.78. The summed E-state index contributed by atoms with van der Waals surface area (Å²) in [6.07, 6.45) is -0.234. The van der Waals surface area contributed by atoms with E-state index in [1.165, 1.54) is 0 Å². The molecule has 0 radical (unpaired) electrons. The summed E-state index contributed by atoms with van der Waals surface area (Å²) in [5.41, 5.74) is -0.519. The standard InChI is InChI=1S/C13H22O4/c1-12(2,3)17-10(14)8-9(13(8,4)5)11-15-6-7-16-11/h8-9,11H,6-7H2,1-5H3. The highest BCUT2D eigenvalue weighted by Gasteiger charge is 2.67. The van der Waals surface area contributed by atoms with Crippen molar-refractivity contribution in [2.24, 2.45) is 17.3 Å². The summed E-state index contributed by atoms with van der Waals surface area (Å²) < 4.78 is 16.4. The van der Waals surface area contributed by atoms with Crippen LogP contribution in [0.2, 0.25) is 0 Å². The molecule has 1 saturated carbocycles. The van der Waals surface area contributed by atoms with Crippen molar-refractivity contribution in [1.82, 2.24) is 0 Å². The van der Waals surface area contributed by atoms with Crippen LogP contribution in [-0.2, 0) is 19.0 Å². The van der Waals surface area contributed by atoms with Crippen molar-refractivity contribution in [3.8, 4) is 0 Å². The number of rotatable bonds is 2. The lowest BCUT2D eigenvalue weighted by Crippen LogP contribution is -2.26. The predicted octanol–water partition coefficient (Wildman–Crippen LogP) is 1.97. The van der Waals surface area contributed by atoms with Crippen LogP contribution in [0.4, 0.5) is 0 Å². The van der Waals surface area contributed by atoms with Crippen LogP contribution in [0, 0.1) is 17.3 Å². The van der Waals surface area contributed by atoms with E-state index in [2.05, 4.69) is 13.8 Å². The van der Waals surface area contributed by atoms with Crippen LogP contribution in [0.3, 0.4) is 0 Å². The third-order valence-electron chi connectivity index (χ3n) is 3.51. The molecule has 4 nitrogen and oxygen atoms in total. The molecule has 1 aliphatic heterocycles. The van der Waals surface area contributed by atoms with Gasteiger partial charge in [0.2, 0.25) is 0 Å². The van der Waals surface area contributed by atoms with Crippen LogP contribution in [0.5, 0.6) is 0 Å². The molecule has 2 atom stereocenters. The number of hydrogen-bond donors (Lipinski definition) is 0. The van der Waals surface area contributed by atoms with Crippen LogP contribution in [-0.4, -0.2) is 31.1 Å². The second-order valence-corrected chi connectivity index (χ2v) is 6.47. The topological polar surface area (TPSA) is 44.8 Å². The number of ether oxygens (including phenoxy) is 3. The van der Waals surface area contributed by atoms with E-state index in [4.69, 9.17) is 14.2 Å². The summed E-state index contributed by atoms with van der Waals surface area (Å²) in [5, 5.41) is 0. The Kier molecular flexibility index (Phi) is 2.99. The predicted molar refractivity (Wildman–Crippen MR) is 62.3 cm³/mol. The van der Waals surface area contributed by atoms with Gasteiger partial charge >= 0.3 is 5.97 Å². The molecule has 0 spiro atoms. The summed E-state index contributed by atoms with van der Waals surface area (Å²) in [5.74, 6) is -0.115. The van der Waals surface area contributed by atoms with Gasteiger partial charge in [0.1, 0.15) is 5.60 Å². The quantitative estimate of drug-likeness (QED) is 0.694. The third kappa shape index (κ3) is 2.47. The Morgan fingerprint density at radius 2 is 1.76 bits per heavy atom. The molecule has 4 heteroatoms. The first kappa shape index (κ1) is 12.8. The van der Waals surface area contributed by atoms with Crippen LogP contribution >= 0.6 is 0 Å². The molecule has 0 aromatic rings. The van der Waals surface area contributed by atoms with E-state index >= 15 is 0 Å². The zero-order chi connectivity index (χ0) is 12.8. The molecule has 0 aromatic heterocycles. The lowest BCUT2D eigenvalue weighted by molar-refractivity contribution is -0.159. The van der Waals surface area contributed by atoms with Crippen molar-refractivity contribution >= 4 is 5.97 Å². The lowest BCUT2D eigenvalue weighted by Gasteiger charge is -2.20. The first-order valence-electron chi connectivity index (χ1n) is 6.19. The molecule has 0 N–H and O–H groups in total. The summed E-state index contributed by atoms with van der Waals surface area (Å²) in [6.45, 7) is 11.0. The maximum atomic E-state index is 12.1. The highest BCUT2D eigenvalue weighted by atomic mass is 16.7. The minimum absolute atomic E-state index is 0.0860. The monoisotopic (exact) mass is 242 g/mol. The van der Waals surface area contributed by atoms with Gasteiger partial charge in [0.05, 0.1) is 19.1 Å². The molecule has 1 aliphatic carbocycles. The molecule has 17 heavy (non-hydrogen) atoms. The van der Waals surface area contributed by atoms with E-state index in [1.807, 2.05) is 20.8 Å². The number of carbonyl (C=O) groups excluding carboxylic acids is 1. The number of carbonyl (C=O) groups is 1. The Morgan fingerprint density at radius 3 is 2.24 bits per heavy atom. The van der Waals surface area contributed by atoms with Gasteiger partial charge in [0, 0.05) is 5.92 Å². The summed E-state index contributed by atoms with van der Waals surface area (Å²) in [6, 6.07) is 0. The average molecular weight is 242 g/mol. The molecule has 2 fully saturated rings. The van der Waals surface area contributed by atoms with Gasteiger partial charge < -0.3 is 14.2 Å². The summed E-state index contributed by atoms with van der Waals surface area (Å²) >= 11 is 0. The molecule has 0 bridgehead atoms. The van der Waals surface area contributed by atoms with Crippen molar-refractivity contribution in [3.05, 3.63) is 0 Å². The fourth-order valence-electron chi connectivity index (χ4n) is 2.59. The van der Waals surface area contributed by atoms with Gasteiger partial charge in [-0.25, -0.2) is 0 Å². The second kappa shape index (κ2) is 3.95. The van der Waals surface area contributed by atoms with Gasteiger partial charge in [-0.2, -0.15) is 0 Å². The lowest BCUT2D eigenvalue weighted by atomic mass is 10.1. The first-order valence-corrected chi connectivity index (χ1v) is 6.19. The molecule has 2 unspecified atom stereocenters. The van der Waals surface area contributed by atoms with E-state index in [1.54, 1.807) is 0 Å². The van der Waals surface area contributed by atoms with Crippen molar-refractivity contribution < 1.29 is 19.0 Å². The summed E-state index contributed by atoms with van der Waals surface area (Å²) in [7, 11) is 0. The van der Waals surface area contributed by atoms with Crippen LogP contribution in [0.25, 0.3) is 0 Å². The molecular weight excluding hydrogens is 220 g/mol. The first-order chi connectivity index (χ1) is 7.73. The third-order valence-corrected chi connectivity index (χ3v) is 3.51. The van der Waals surface area contributed by atoms with Gasteiger partial charge in [0.15, 0.2) is 6.29 Å².